The first kappa shape index (κ1) is 13.5. The number of nitrogens with one attached hydrogen (secondary N) is 1. The molecule has 1 atom stereocenters. The van der Waals surface area contributed by atoms with Crippen molar-refractivity contribution in [2.24, 2.45) is 5.92 Å². The summed E-state index contributed by atoms with van der Waals surface area (Å²) >= 11 is 5.70. The maximum Gasteiger partial charge on any atom is 0.303 e. The number of benzene rings is 1. The summed E-state index contributed by atoms with van der Waals surface area (Å²) in [5.74, 6) is -1.18. The lowest BCUT2D eigenvalue weighted by molar-refractivity contribution is -0.137. The van der Waals surface area contributed by atoms with Gasteiger partial charge >= 0.3 is 5.97 Å². The highest BCUT2D eigenvalue weighted by molar-refractivity contribution is 6.30. The van der Waals surface area contributed by atoms with Crippen LogP contribution in [0.5, 0.6) is 0 Å². The van der Waals surface area contributed by atoms with Crippen LogP contribution in [0, 0.1) is 5.92 Å². The molecule has 92 valence electrons. The highest BCUT2D eigenvalue weighted by atomic mass is 35.5. The van der Waals surface area contributed by atoms with Crippen molar-refractivity contribution < 1.29 is 14.7 Å². The molecule has 2 N–H and O–H groups in total. The van der Waals surface area contributed by atoms with E-state index in [0.29, 0.717) is 17.1 Å². The van der Waals surface area contributed by atoms with Gasteiger partial charge in [-0.05, 0) is 30.2 Å². The maximum absolute atomic E-state index is 11.6. The predicted molar refractivity (Wildman–Crippen MR) is 65.2 cm³/mol. The van der Waals surface area contributed by atoms with E-state index in [4.69, 9.17) is 16.7 Å². The van der Waals surface area contributed by atoms with Crippen LogP contribution < -0.4 is 5.32 Å². The van der Waals surface area contributed by atoms with E-state index < -0.39 is 5.97 Å². The molecule has 5 heteroatoms. The number of amides is 1. The van der Waals surface area contributed by atoms with Crippen LogP contribution in [0.2, 0.25) is 5.02 Å². The number of carboxylic acid groups (broad SMARTS) is 1. The lowest BCUT2D eigenvalue weighted by Crippen LogP contribution is -2.29. The van der Waals surface area contributed by atoms with Crippen molar-refractivity contribution in [2.45, 2.75) is 13.3 Å². The molecular formula is C12H14ClNO3. The first-order valence-electron chi connectivity index (χ1n) is 5.24. The van der Waals surface area contributed by atoms with Gasteiger partial charge in [0.1, 0.15) is 0 Å². The third-order valence-corrected chi connectivity index (χ3v) is 2.49. The van der Waals surface area contributed by atoms with Gasteiger partial charge in [-0.2, -0.15) is 0 Å². The second-order valence-corrected chi connectivity index (χ2v) is 4.36. The molecule has 0 fully saturated rings. The molecule has 0 aliphatic rings. The Morgan fingerprint density at radius 1 is 1.35 bits per heavy atom. The lowest BCUT2D eigenvalue weighted by Gasteiger charge is -2.10. The number of carbonyl (C=O) groups excluding carboxylic acids is 1. The first-order valence-corrected chi connectivity index (χ1v) is 5.62. The van der Waals surface area contributed by atoms with E-state index in [2.05, 4.69) is 5.32 Å². The van der Waals surface area contributed by atoms with Crippen molar-refractivity contribution >= 4 is 23.5 Å². The Labute approximate surface area is 105 Å². The summed E-state index contributed by atoms with van der Waals surface area (Å²) in [7, 11) is 0. The van der Waals surface area contributed by atoms with Gasteiger partial charge in [0.2, 0.25) is 0 Å². The Bertz CT molecular complexity index is 403. The summed E-state index contributed by atoms with van der Waals surface area (Å²) < 4.78 is 0. The summed E-state index contributed by atoms with van der Waals surface area (Å²) in [4.78, 5) is 22.1. The molecule has 0 aliphatic carbocycles. The minimum Gasteiger partial charge on any atom is -0.481 e. The number of carboxylic acids is 1. The largest absolute Gasteiger partial charge is 0.481 e. The van der Waals surface area contributed by atoms with Gasteiger partial charge in [0.25, 0.3) is 5.91 Å². The van der Waals surface area contributed by atoms with Crippen molar-refractivity contribution in [1.82, 2.24) is 5.32 Å². The van der Waals surface area contributed by atoms with Crippen molar-refractivity contribution in [2.75, 3.05) is 6.54 Å². The van der Waals surface area contributed by atoms with Crippen molar-refractivity contribution in [3.8, 4) is 0 Å². The number of halogens is 1. The molecule has 0 bridgehead atoms. The van der Waals surface area contributed by atoms with Gasteiger partial charge in [-0.3, -0.25) is 9.59 Å². The van der Waals surface area contributed by atoms with Gasteiger partial charge in [-0.25, -0.2) is 0 Å². The fourth-order valence-electron chi connectivity index (χ4n) is 1.34. The van der Waals surface area contributed by atoms with E-state index in [-0.39, 0.29) is 18.2 Å². The fourth-order valence-corrected chi connectivity index (χ4v) is 1.47. The Kier molecular flexibility index (Phi) is 4.97. The zero-order valence-corrected chi connectivity index (χ0v) is 10.2. The van der Waals surface area contributed by atoms with Crippen molar-refractivity contribution in [1.29, 1.82) is 0 Å². The van der Waals surface area contributed by atoms with Crippen LogP contribution in [0.1, 0.15) is 23.7 Å². The second kappa shape index (κ2) is 6.25. The quantitative estimate of drug-likeness (QED) is 0.848. The predicted octanol–water partition coefficient (Wildman–Crippen LogP) is 2.18. The first-order chi connectivity index (χ1) is 7.99. The summed E-state index contributed by atoms with van der Waals surface area (Å²) in [5, 5.41) is 11.8. The van der Waals surface area contributed by atoms with Crippen LogP contribution >= 0.6 is 11.6 Å². The lowest BCUT2D eigenvalue weighted by atomic mass is 10.1. The van der Waals surface area contributed by atoms with E-state index in [1.54, 1.807) is 31.2 Å². The third-order valence-electron chi connectivity index (χ3n) is 2.24. The molecule has 0 spiro atoms. The minimum absolute atomic E-state index is 0.0426. The molecule has 1 unspecified atom stereocenters. The molecule has 0 saturated heterocycles. The normalized spacial score (nSPS) is 11.9. The van der Waals surface area contributed by atoms with Gasteiger partial charge in [-0.1, -0.05) is 18.5 Å². The average Bonchev–Trinajstić information content (AvgIpc) is 2.26. The summed E-state index contributed by atoms with van der Waals surface area (Å²) in [6.07, 6.45) is 0.0426. The van der Waals surface area contributed by atoms with Crippen LogP contribution in [-0.2, 0) is 4.79 Å². The Morgan fingerprint density at radius 2 is 1.94 bits per heavy atom. The highest BCUT2D eigenvalue weighted by Gasteiger charge is 2.10. The van der Waals surface area contributed by atoms with E-state index in [1.807, 2.05) is 0 Å². The number of carbonyl (C=O) groups is 2. The number of hydrogen-bond donors (Lipinski definition) is 2. The van der Waals surface area contributed by atoms with Gasteiger partial charge < -0.3 is 10.4 Å². The molecule has 0 saturated carbocycles. The zero-order chi connectivity index (χ0) is 12.8. The molecule has 17 heavy (non-hydrogen) atoms. The smallest absolute Gasteiger partial charge is 0.303 e. The minimum atomic E-state index is -0.863. The average molecular weight is 256 g/mol. The van der Waals surface area contributed by atoms with Crippen molar-refractivity contribution in [3.05, 3.63) is 34.9 Å². The van der Waals surface area contributed by atoms with Crippen LogP contribution in [0.4, 0.5) is 0 Å². The summed E-state index contributed by atoms with van der Waals surface area (Å²) in [5.41, 5.74) is 0.511. The van der Waals surface area contributed by atoms with Crippen LogP contribution in [0.25, 0.3) is 0 Å². The number of aliphatic carboxylic acids is 1. The highest BCUT2D eigenvalue weighted by Crippen LogP contribution is 2.09. The second-order valence-electron chi connectivity index (χ2n) is 3.92. The molecule has 1 aromatic rings. The monoisotopic (exact) mass is 255 g/mol. The molecule has 1 rings (SSSR count). The fraction of sp³-hybridized carbons (Fsp3) is 0.333. The molecule has 0 aliphatic heterocycles. The molecule has 0 aromatic heterocycles. The standard InChI is InChI=1S/C12H14ClNO3/c1-8(6-11(15)16)7-14-12(17)9-2-4-10(13)5-3-9/h2-5,8H,6-7H2,1H3,(H,14,17)(H,15,16). The molecule has 0 radical (unpaired) electrons. The van der Waals surface area contributed by atoms with Crippen molar-refractivity contribution in [3.63, 3.8) is 0 Å². The number of hydrogen-bond acceptors (Lipinski definition) is 2. The topological polar surface area (TPSA) is 66.4 Å². The Morgan fingerprint density at radius 3 is 2.47 bits per heavy atom. The van der Waals surface area contributed by atoms with Crippen LogP contribution in [-0.4, -0.2) is 23.5 Å². The SMILES string of the molecule is CC(CNC(=O)c1ccc(Cl)cc1)CC(=O)O. The Balaban J connectivity index is 2.44. The van der Waals surface area contributed by atoms with E-state index in [1.165, 1.54) is 0 Å². The van der Waals surface area contributed by atoms with E-state index in [9.17, 15) is 9.59 Å². The summed E-state index contributed by atoms with van der Waals surface area (Å²) in [6, 6.07) is 6.52. The van der Waals surface area contributed by atoms with E-state index >= 15 is 0 Å². The van der Waals surface area contributed by atoms with Gasteiger partial charge in [-0.15, -0.1) is 0 Å². The molecule has 1 amide bonds. The van der Waals surface area contributed by atoms with Gasteiger partial charge in [0.15, 0.2) is 0 Å². The Hall–Kier alpha value is -1.55. The third kappa shape index (κ3) is 4.87. The maximum atomic E-state index is 11.6. The number of rotatable bonds is 5. The summed E-state index contributed by atoms with van der Waals surface area (Å²) in [6.45, 7) is 2.12. The molecule has 1 aromatic carbocycles. The van der Waals surface area contributed by atoms with Gasteiger partial charge in [0, 0.05) is 23.6 Å². The molecule has 0 heterocycles. The molecule has 4 nitrogen and oxygen atoms in total. The zero-order valence-electron chi connectivity index (χ0n) is 9.44. The van der Waals surface area contributed by atoms with E-state index in [0.717, 1.165) is 0 Å². The van der Waals surface area contributed by atoms with Crippen LogP contribution in [0.3, 0.4) is 0 Å². The molecular weight excluding hydrogens is 242 g/mol. The van der Waals surface area contributed by atoms with Crippen LogP contribution in [0.15, 0.2) is 24.3 Å². The van der Waals surface area contributed by atoms with Gasteiger partial charge in [0.05, 0.1) is 0 Å².